The third kappa shape index (κ3) is 3.76. The Morgan fingerprint density at radius 2 is 2.00 bits per heavy atom. The van der Waals surface area contributed by atoms with Crippen LogP contribution in [-0.4, -0.2) is 29.1 Å². The molecule has 0 radical (unpaired) electrons. The van der Waals surface area contributed by atoms with E-state index in [9.17, 15) is 9.59 Å². The van der Waals surface area contributed by atoms with Crippen molar-refractivity contribution < 1.29 is 14.3 Å². The van der Waals surface area contributed by atoms with Crippen LogP contribution < -0.4 is 15.5 Å². The quantitative estimate of drug-likeness (QED) is 0.822. The van der Waals surface area contributed by atoms with Crippen LogP contribution in [0.4, 0.5) is 5.69 Å². The Labute approximate surface area is 154 Å². The van der Waals surface area contributed by atoms with Crippen LogP contribution in [0, 0.1) is 0 Å². The SMILES string of the molecule is CC(Oc1ccccc1)C(=O)NN1C(=O)c2cc(Br)ccc2NC1C. The summed E-state index contributed by atoms with van der Waals surface area (Å²) in [7, 11) is 0. The van der Waals surface area contributed by atoms with Gasteiger partial charge >= 0.3 is 0 Å². The summed E-state index contributed by atoms with van der Waals surface area (Å²) in [4.78, 5) is 25.1. The fourth-order valence-electron chi connectivity index (χ4n) is 2.53. The van der Waals surface area contributed by atoms with Crippen LogP contribution in [0.3, 0.4) is 0 Å². The number of hydrogen-bond donors (Lipinski definition) is 2. The highest BCUT2D eigenvalue weighted by Gasteiger charge is 2.32. The normalized spacial score (nSPS) is 17.3. The molecule has 25 heavy (non-hydrogen) atoms. The van der Waals surface area contributed by atoms with E-state index < -0.39 is 12.0 Å². The van der Waals surface area contributed by atoms with Gasteiger partial charge in [-0.05, 0) is 44.2 Å². The second kappa shape index (κ2) is 7.14. The fourth-order valence-corrected chi connectivity index (χ4v) is 2.89. The minimum Gasteiger partial charge on any atom is -0.481 e. The standard InChI is InChI=1S/C18H18BrN3O3/c1-11(25-14-6-4-3-5-7-14)17(23)21-22-12(2)20-16-9-8-13(19)10-15(16)18(22)24/h3-12,20H,1-2H3,(H,21,23). The third-order valence-electron chi connectivity index (χ3n) is 3.84. The van der Waals surface area contributed by atoms with Crippen molar-refractivity contribution in [2.45, 2.75) is 26.1 Å². The Balaban J connectivity index is 1.71. The molecule has 0 saturated carbocycles. The van der Waals surface area contributed by atoms with Gasteiger partial charge in [0.15, 0.2) is 6.10 Å². The van der Waals surface area contributed by atoms with Crippen molar-refractivity contribution in [1.29, 1.82) is 0 Å². The second-order valence-corrected chi connectivity index (χ2v) is 6.65. The molecule has 0 fully saturated rings. The van der Waals surface area contributed by atoms with Gasteiger partial charge in [0.05, 0.1) is 5.56 Å². The lowest BCUT2D eigenvalue weighted by Crippen LogP contribution is -2.58. The van der Waals surface area contributed by atoms with Crippen molar-refractivity contribution in [2.75, 3.05) is 5.32 Å². The van der Waals surface area contributed by atoms with Crippen LogP contribution in [-0.2, 0) is 4.79 Å². The lowest BCUT2D eigenvalue weighted by molar-refractivity contribution is -0.131. The number of para-hydroxylation sites is 1. The molecule has 2 N–H and O–H groups in total. The highest BCUT2D eigenvalue weighted by molar-refractivity contribution is 9.10. The smallest absolute Gasteiger partial charge is 0.279 e. The molecule has 2 unspecified atom stereocenters. The zero-order chi connectivity index (χ0) is 18.0. The number of amides is 2. The monoisotopic (exact) mass is 403 g/mol. The molecule has 6 nitrogen and oxygen atoms in total. The molecule has 0 saturated heterocycles. The predicted octanol–water partition coefficient (Wildman–Crippen LogP) is 3.16. The second-order valence-electron chi connectivity index (χ2n) is 5.73. The molecular formula is C18H18BrN3O3. The van der Waals surface area contributed by atoms with E-state index in [0.29, 0.717) is 11.3 Å². The van der Waals surface area contributed by atoms with Crippen molar-refractivity contribution in [1.82, 2.24) is 10.4 Å². The number of hydrogen-bond acceptors (Lipinski definition) is 4. The summed E-state index contributed by atoms with van der Waals surface area (Å²) in [6.45, 7) is 3.44. The first kappa shape index (κ1) is 17.3. The molecule has 2 amide bonds. The highest BCUT2D eigenvalue weighted by atomic mass is 79.9. The van der Waals surface area contributed by atoms with Crippen LogP contribution >= 0.6 is 15.9 Å². The van der Waals surface area contributed by atoms with E-state index in [1.54, 1.807) is 32.0 Å². The Morgan fingerprint density at radius 1 is 1.28 bits per heavy atom. The summed E-state index contributed by atoms with van der Waals surface area (Å²) in [6, 6.07) is 14.5. The van der Waals surface area contributed by atoms with Crippen molar-refractivity contribution in [3.8, 4) is 5.75 Å². The van der Waals surface area contributed by atoms with E-state index in [1.165, 1.54) is 5.01 Å². The number of hydrazine groups is 1. The molecule has 2 aromatic rings. The zero-order valence-electron chi connectivity index (χ0n) is 13.8. The molecule has 1 aliphatic rings. The lowest BCUT2D eigenvalue weighted by Gasteiger charge is -2.36. The maximum Gasteiger partial charge on any atom is 0.279 e. The maximum atomic E-state index is 12.7. The van der Waals surface area contributed by atoms with Crippen molar-refractivity contribution >= 4 is 33.4 Å². The molecule has 0 aliphatic carbocycles. The first-order valence-corrected chi connectivity index (χ1v) is 8.67. The van der Waals surface area contributed by atoms with Gasteiger partial charge < -0.3 is 10.1 Å². The van der Waals surface area contributed by atoms with E-state index in [0.717, 1.165) is 10.2 Å². The number of nitrogens with zero attached hydrogens (tertiary/aromatic N) is 1. The number of carbonyl (C=O) groups excluding carboxylic acids is 2. The summed E-state index contributed by atoms with van der Waals surface area (Å²) in [6.07, 6.45) is -1.12. The number of benzene rings is 2. The molecule has 1 aliphatic heterocycles. The van der Waals surface area contributed by atoms with Gasteiger partial charge in [0, 0.05) is 10.2 Å². The van der Waals surface area contributed by atoms with E-state index in [2.05, 4.69) is 26.7 Å². The average Bonchev–Trinajstić information content (AvgIpc) is 2.60. The van der Waals surface area contributed by atoms with Gasteiger partial charge in [-0.2, -0.15) is 0 Å². The number of fused-ring (bicyclic) bond motifs is 1. The third-order valence-corrected chi connectivity index (χ3v) is 4.33. The topological polar surface area (TPSA) is 70.7 Å². The number of ether oxygens (including phenoxy) is 1. The van der Waals surface area contributed by atoms with Crippen LogP contribution in [0.25, 0.3) is 0 Å². The van der Waals surface area contributed by atoms with E-state index in [1.807, 2.05) is 30.3 Å². The Hall–Kier alpha value is -2.54. The molecule has 2 aromatic carbocycles. The van der Waals surface area contributed by atoms with Crippen LogP contribution in [0.5, 0.6) is 5.75 Å². The lowest BCUT2D eigenvalue weighted by atomic mass is 10.1. The van der Waals surface area contributed by atoms with Gasteiger partial charge in [-0.15, -0.1) is 0 Å². The van der Waals surface area contributed by atoms with Crippen LogP contribution in [0.2, 0.25) is 0 Å². The van der Waals surface area contributed by atoms with Gasteiger partial charge in [0.2, 0.25) is 0 Å². The van der Waals surface area contributed by atoms with Crippen LogP contribution in [0.15, 0.2) is 53.0 Å². The molecule has 2 atom stereocenters. The molecular weight excluding hydrogens is 386 g/mol. The van der Waals surface area contributed by atoms with E-state index >= 15 is 0 Å². The molecule has 7 heteroatoms. The first-order chi connectivity index (χ1) is 12.0. The molecule has 1 heterocycles. The number of halogens is 1. The summed E-state index contributed by atoms with van der Waals surface area (Å²) in [5.74, 6) is -0.0809. The van der Waals surface area contributed by atoms with E-state index in [4.69, 9.17) is 4.74 Å². The van der Waals surface area contributed by atoms with Crippen molar-refractivity contribution in [3.05, 3.63) is 58.6 Å². The average molecular weight is 404 g/mol. The molecule has 130 valence electrons. The Kier molecular flexibility index (Phi) is 4.94. The van der Waals surface area contributed by atoms with Crippen molar-refractivity contribution in [3.63, 3.8) is 0 Å². The Morgan fingerprint density at radius 3 is 2.72 bits per heavy atom. The summed E-state index contributed by atoms with van der Waals surface area (Å²) in [5, 5.41) is 4.47. The first-order valence-electron chi connectivity index (χ1n) is 7.87. The van der Waals surface area contributed by atoms with E-state index in [-0.39, 0.29) is 12.1 Å². The largest absolute Gasteiger partial charge is 0.481 e. The summed E-state index contributed by atoms with van der Waals surface area (Å²) < 4.78 is 6.39. The van der Waals surface area contributed by atoms with Crippen LogP contribution in [0.1, 0.15) is 24.2 Å². The van der Waals surface area contributed by atoms with Gasteiger partial charge in [0.1, 0.15) is 11.9 Å². The molecule has 0 spiro atoms. The number of anilines is 1. The maximum absolute atomic E-state index is 12.7. The Bertz CT molecular complexity index is 797. The van der Waals surface area contributed by atoms with Gasteiger partial charge in [-0.1, -0.05) is 34.1 Å². The fraction of sp³-hybridized carbons (Fsp3) is 0.222. The van der Waals surface area contributed by atoms with Gasteiger partial charge in [0.25, 0.3) is 11.8 Å². The predicted molar refractivity (Wildman–Crippen MR) is 98.1 cm³/mol. The molecule has 0 bridgehead atoms. The van der Waals surface area contributed by atoms with Crippen molar-refractivity contribution in [2.24, 2.45) is 0 Å². The van der Waals surface area contributed by atoms with Gasteiger partial charge in [-0.3, -0.25) is 15.0 Å². The number of nitrogens with one attached hydrogen (secondary N) is 2. The number of rotatable bonds is 4. The molecule has 0 aromatic heterocycles. The zero-order valence-corrected chi connectivity index (χ0v) is 15.4. The molecule has 3 rings (SSSR count). The highest BCUT2D eigenvalue weighted by Crippen LogP contribution is 2.27. The van der Waals surface area contributed by atoms with Gasteiger partial charge in [-0.25, -0.2) is 5.01 Å². The minimum atomic E-state index is -0.744. The summed E-state index contributed by atoms with van der Waals surface area (Å²) >= 11 is 3.36. The minimum absolute atomic E-state index is 0.275. The number of carbonyl (C=O) groups is 2. The summed E-state index contributed by atoms with van der Waals surface area (Å²) in [5.41, 5.74) is 3.87.